The van der Waals surface area contributed by atoms with Crippen LogP contribution in [0.25, 0.3) is 0 Å². The minimum Gasteiger partial charge on any atom is -0.364 e. The van der Waals surface area contributed by atoms with Crippen LogP contribution in [0.5, 0.6) is 0 Å². The van der Waals surface area contributed by atoms with Crippen molar-refractivity contribution in [2.24, 2.45) is 11.7 Å². The van der Waals surface area contributed by atoms with Crippen LogP contribution in [0.3, 0.4) is 0 Å². The van der Waals surface area contributed by atoms with Gasteiger partial charge in [-0.3, -0.25) is 10.1 Å². The van der Waals surface area contributed by atoms with Gasteiger partial charge in [0.15, 0.2) is 0 Å². The van der Waals surface area contributed by atoms with Gasteiger partial charge in [-0.25, -0.2) is 9.97 Å². The zero-order valence-electron chi connectivity index (χ0n) is 15.9. The van der Waals surface area contributed by atoms with E-state index in [0.717, 1.165) is 37.8 Å². The molecule has 10 nitrogen and oxygen atoms in total. The maximum atomic E-state index is 11.2. The van der Waals surface area contributed by atoms with Crippen LogP contribution < -0.4 is 16.4 Å². The van der Waals surface area contributed by atoms with Crippen molar-refractivity contribution in [3.05, 3.63) is 34.5 Å². The van der Waals surface area contributed by atoms with Crippen molar-refractivity contribution in [1.29, 1.82) is 0 Å². The Morgan fingerprint density at radius 2 is 2.04 bits per heavy atom. The third-order valence-electron chi connectivity index (χ3n) is 4.53. The molecule has 0 atom stereocenters. The first kappa shape index (κ1) is 21.8. The predicted molar refractivity (Wildman–Crippen MR) is 110 cm³/mol. The largest absolute Gasteiger partial charge is 0.364 e. The predicted octanol–water partition coefficient (Wildman–Crippen LogP) is 2.55. The molecule has 0 aromatic carbocycles. The summed E-state index contributed by atoms with van der Waals surface area (Å²) in [6, 6.07) is 0. The van der Waals surface area contributed by atoms with Crippen LogP contribution in [0, 0.1) is 16.0 Å². The van der Waals surface area contributed by atoms with Crippen molar-refractivity contribution < 1.29 is 4.92 Å². The van der Waals surface area contributed by atoms with Gasteiger partial charge >= 0.3 is 5.69 Å². The molecule has 1 saturated carbocycles. The average Bonchev–Trinajstić information content (AvgIpc) is 3.22. The van der Waals surface area contributed by atoms with Gasteiger partial charge in [0.1, 0.15) is 6.20 Å². The van der Waals surface area contributed by atoms with E-state index in [4.69, 9.17) is 11.6 Å². The number of nitro groups is 1. The van der Waals surface area contributed by atoms with Crippen LogP contribution in [0.2, 0.25) is 0 Å². The highest BCUT2D eigenvalue weighted by molar-refractivity contribution is 6.20. The zero-order valence-corrected chi connectivity index (χ0v) is 16.7. The summed E-state index contributed by atoms with van der Waals surface area (Å²) in [5, 5.41) is 17.7. The van der Waals surface area contributed by atoms with Crippen LogP contribution in [0.15, 0.2) is 18.7 Å². The molecule has 1 aliphatic carbocycles. The molecule has 1 fully saturated rings. The number of halogens is 1. The lowest BCUT2D eigenvalue weighted by atomic mass is 9.89. The zero-order chi connectivity index (χ0) is 20.4. The molecule has 3 rings (SSSR count). The monoisotopic (exact) mass is 410 g/mol. The lowest BCUT2D eigenvalue weighted by Crippen LogP contribution is -2.22. The average molecular weight is 411 g/mol. The number of H-pyrrole nitrogens is 1. The molecular weight excluding hydrogens is 384 g/mol. The number of imidazole rings is 1. The van der Waals surface area contributed by atoms with Crippen LogP contribution in [-0.2, 0) is 6.42 Å². The van der Waals surface area contributed by atoms with Gasteiger partial charge in [0.05, 0.1) is 11.3 Å². The van der Waals surface area contributed by atoms with E-state index in [1.54, 1.807) is 12.5 Å². The van der Waals surface area contributed by atoms with Gasteiger partial charge in [0, 0.05) is 36.8 Å². The lowest BCUT2D eigenvalue weighted by Gasteiger charge is -2.25. The molecule has 2 aromatic rings. The number of nitrogens with zero attached hydrogens (tertiary/aromatic N) is 4. The fraction of sp³-hybridized carbons (Fsp3) is 0.588. The van der Waals surface area contributed by atoms with Crippen molar-refractivity contribution in [1.82, 2.24) is 19.9 Å². The summed E-state index contributed by atoms with van der Waals surface area (Å²) < 4.78 is 0. The number of alkyl halides is 1. The van der Waals surface area contributed by atoms with Crippen LogP contribution in [0.4, 0.5) is 17.5 Å². The Morgan fingerprint density at radius 3 is 2.68 bits per heavy atom. The molecule has 0 bridgehead atoms. The summed E-state index contributed by atoms with van der Waals surface area (Å²) in [5.41, 5.74) is 5.38. The normalized spacial score (nSPS) is 18.7. The molecule has 0 unspecified atom stereocenters. The maximum Gasteiger partial charge on any atom is 0.329 e. The van der Waals surface area contributed by atoms with Crippen molar-refractivity contribution in [2.75, 3.05) is 30.8 Å². The molecule has 11 heteroatoms. The third kappa shape index (κ3) is 6.61. The molecule has 0 saturated heterocycles. The molecule has 1 aliphatic rings. The summed E-state index contributed by atoms with van der Waals surface area (Å²) in [4.78, 5) is 26.1. The molecule has 28 heavy (non-hydrogen) atoms. The standard InChI is InChI=1S/C16H22ClN7O2.CH5N/c17-12-3-1-11(2-4-12)7-20-15-14(24(25)26)9-21-16(23-15)19-6-5-13-8-18-10-22-13;1-2/h8-12H,1-7H2,(H,18,22)(H2,19,20,21,23);2H2,1H3. The van der Waals surface area contributed by atoms with Gasteiger partial charge < -0.3 is 21.4 Å². The van der Waals surface area contributed by atoms with Crippen molar-refractivity contribution in [3.8, 4) is 0 Å². The Balaban J connectivity index is 0.00000136. The second-order valence-corrected chi connectivity index (χ2v) is 7.05. The highest BCUT2D eigenvalue weighted by atomic mass is 35.5. The summed E-state index contributed by atoms with van der Waals surface area (Å²) >= 11 is 6.13. The number of hydrogen-bond donors (Lipinski definition) is 4. The molecule has 2 aromatic heterocycles. The lowest BCUT2D eigenvalue weighted by molar-refractivity contribution is -0.384. The first-order chi connectivity index (χ1) is 13.6. The smallest absolute Gasteiger partial charge is 0.329 e. The second kappa shape index (κ2) is 11.4. The topological polar surface area (TPSA) is 148 Å². The van der Waals surface area contributed by atoms with E-state index in [1.807, 2.05) is 0 Å². The number of aromatic nitrogens is 4. The summed E-state index contributed by atoms with van der Waals surface area (Å²) in [5.74, 6) is 1.07. The van der Waals surface area contributed by atoms with E-state index < -0.39 is 4.92 Å². The minimum absolute atomic E-state index is 0.116. The Labute approximate surface area is 168 Å². The first-order valence-corrected chi connectivity index (χ1v) is 9.73. The van der Waals surface area contributed by atoms with Gasteiger partial charge in [-0.15, -0.1) is 11.6 Å². The first-order valence-electron chi connectivity index (χ1n) is 9.30. The van der Waals surface area contributed by atoms with Gasteiger partial charge in [0.2, 0.25) is 11.8 Å². The summed E-state index contributed by atoms with van der Waals surface area (Å²) in [7, 11) is 1.50. The maximum absolute atomic E-state index is 11.2. The molecule has 0 radical (unpaired) electrons. The van der Waals surface area contributed by atoms with Crippen LogP contribution in [0.1, 0.15) is 31.4 Å². The highest BCUT2D eigenvalue weighted by Crippen LogP contribution is 2.29. The Morgan fingerprint density at radius 1 is 1.29 bits per heavy atom. The van der Waals surface area contributed by atoms with E-state index in [9.17, 15) is 10.1 Å². The molecule has 2 heterocycles. The Hall–Kier alpha value is -2.46. The summed E-state index contributed by atoms with van der Waals surface area (Å²) in [6.45, 7) is 1.24. The number of nitrogens with one attached hydrogen (secondary N) is 3. The summed E-state index contributed by atoms with van der Waals surface area (Å²) in [6.07, 6.45) is 9.36. The second-order valence-electron chi connectivity index (χ2n) is 6.44. The van der Waals surface area contributed by atoms with Crippen molar-refractivity contribution in [3.63, 3.8) is 0 Å². The molecule has 0 aliphatic heterocycles. The van der Waals surface area contributed by atoms with Crippen LogP contribution >= 0.6 is 11.6 Å². The molecule has 154 valence electrons. The minimum atomic E-state index is -0.466. The van der Waals surface area contributed by atoms with Gasteiger partial charge in [-0.05, 0) is 38.6 Å². The van der Waals surface area contributed by atoms with E-state index >= 15 is 0 Å². The Kier molecular flexibility index (Phi) is 8.89. The van der Waals surface area contributed by atoms with E-state index in [-0.39, 0.29) is 16.9 Å². The molecular formula is C17H27ClN8O2. The number of aromatic amines is 1. The van der Waals surface area contributed by atoms with Gasteiger partial charge in [0.25, 0.3) is 0 Å². The van der Waals surface area contributed by atoms with Gasteiger partial charge in [-0.1, -0.05) is 0 Å². The number of rotatable bonds is 8. The molecule has 0 amide bonds. The van der Waals surface area contributed by atoms with E-state index in [0.29, 0.717) is 25.0 Å². The van der Waals surface area contributed by atoms with E-state index in [2.05, 4.69) is 36.3 Å². The fourth-order valence-electron chi connectivity index (χ4n) is 3.02. The number of hydrogen-bond acceptors (Lipinski definition) is 8. The highest BCUT2D eigenvalue weighted by Gasteiger charge is 2.22. The van der Waals surface area contributed by atoms with Crippen LogP contribution in [-0.4, -0.2) is 50.4 Å². The van der Waals surface area contributed by atoms with Crippen molar-refractivity contribution >= 4 is 29.1 Å². The SMILES string of the molecule is CN.O=[N+]([O-])c1cnc(NCCc2cnc[nH]2)nc1NCC1CCC(Cl)CC1. The Bertz CT molecular complexity index is 720. The number of anilines is 2. The van der Waals surface area contributed by atoms with Crippen molar-refractivity contribution in [2.45, 2.75) is 37.5 Å². The number of nitrogens with two attached hydrogens (primary N) is 1. The van der Waals surface area contributed by atoms with E-state index in [1.165, 1.54) is 13.2 Å². The molecule has 5 N–H and O–H groups in total. The third-order valence-corrected chi connectivity index (χ3v) is 4.97. The molecule has 0 spiro atoms. The fourth-order valence-corrected chi connectivity index (χ4v) is 3.27. The quantitative estimate of drug-likeness (QED) is 0.295. The van der Waals surface area contributed by atoms with Gasteiger partial charge in [-0.2, -0.15) is 4.98 Å².